The van der Waals surface area contributed by atoms with Crippen LogP contribution < -0.4 is 15.4 Å². The zero-order valence-electron chi connectivity index (χ0n) is 13.6. The standard InChI is InChI=1S/C17H18N2O6/c1-23-13-6-4-12(5-7-13)9-18-15(20)11-25-16(21)10-19-17(22)14-3-2-8-24-14/h2-8H,9-11H2,1H3,(H,18,20)(H,19,22). The minimum Gasteiger partial charge on any atom is -0.497 e. The van der Waals surface area contributed by atoms with Crippen molar-refractivity contribution in [1.29, 1.82) is 0 Å². The highest BCUT2D eigenvalue weighted by molar-refractivity contribution is 5.93. The number of nitrogens with one attached hydrogen (secondary N) is 2. The molecular weight excluding hydrogens is 328 g/mol. The van der Waals surface area contributed by atoms with Crippen molar-refractivity contribution < 1.29 is 28.3 Å². The smallest absolute Gasteiger partial charge is 0.325 e. The first kappa shape index (κ1) is 18.1. The Balaban J connectivity index is 1.63. The number of carbonyl (C=O) groups is 3. The summed E-state index contributed by atoms with van der Waals surface area (Å²) < 4.78 is 14.7. The number of methoxy groups -OCH3 is 1. The first-order valence-corrected chi connectivity index (χ1v) is 7.45. The van der Waals surface area contributed by atoms with Crippen LogP contribution in [-0.2, 0) is 20.9 Å². The molecule has 0 aliphatic rings. The molecule has 1 heterocycles. The third-order valence-corrected chi connectivity index (χ3v) is 3.15. The van der Waals surface area contributed by atoms with Gasteiger partial charge in [0, 0.05) is 6.54 Å². The van der Waals surface area contributed by atoms with E-state index in [0.717, 1.165) is 11.3 Å². The van der Waals surface area contributed by atoms with E-state index in [1.54, 1.807) is 25.3 Å². The van der Waals surface area contributed by atoms with Crippen LogP contribution in [0.15, 0.2) is 47.1 Å². The highest BCUT2D eigenvalue weighted by Crippen LogP contribution is 2.10. The van der Waals surface area contributed by atoms with Gasteiger partial charge < -0.3 is 24.5 Å². The first-order valence-electron chi connectivity index (χ1n) is 7.45. The van der Waals surface area contributed by atoms with Gasteiger partial charge in [-0.25, -0.2) is 0 Å². The van der Waals surface area contributed by atoms with Crippen molar-refractivity contribution in [2.24, 2.45) is 0 Å². The van der Waals surface area contributed by atoms with Crippen molar-refractivity contribution in [2.45, 2.75) is 6.54 Å². The highest BCUT2D eigenvalue weighted by Gasteiger charge is 2.12. The second-order valence-corrected chi connectivity index (χ2v) is 4.95. The number of rotatable bonds is 8. The molecule has 0 spiro atoms. The van der Waals surface area contributed by atoms with Gasteiger partial charge in [-0.15, -0.1) is 0 Å². The maximum atomic E-state index is 11.7. The molecule has 8 heteroatoms. The molecule has 132 valence electrons. The summed E-state index contributed by atoms with van der Waals surface area (Å²) >= 11 is 0. The fourth-order valence-electron chi connectivity index (χ4n) is 1.84. The summed E-state index contributed by atoms with van der Waals surface area (Å²) in [5.41, 5.74) is 0.881. The van der Waals surface area contributed by atoms with Crippen LogP contribution in [0, 0.1) is 0 Å². The van der Waals surface area contributed by atoms with E-state index < -0.39 is 24.4 Å². The molecule has 25 heavy (non-hydrogen) atoms. The maximum Gasteiger partial charge on any atom is 0.325 e. The van der Waals surface area contributed by atoms with E-state index >= 15 is 0 Å². The summed E-state index contributed by atoms with van der Waals surface area (Å²) in [6.45, 7) is -0.480. The number of furan rings is 1. The lowest BCUT2D eigenvalue weighted by molar-refractivity contribution is -0.147. The molecule has 2 rings (SSSR count). The van der Waals surface area contributed by atoms with Crippen LogP contribution in [0.5, 0.6) is 5.75 Å². The lowest BCUT2D eigenvalue weighted by Gasteiger charge is -2.08. The Bertz CT molecular complexity index is 709. The number of carbonyl (C=O) groups excluding carboxylic acids is 3. The molecule has 8 nitrogen and oxygen atoms in total. The summed E-state index contributed by atoms with van der Waals surface area (Å²) in [4.78, 5) is 34.7. The number of esters is 1. The van der Waals surface area contributed by atoms with E-state index in [1.165, 1.54) is 12.3 Å². The predicted octanol–water partition coefficient (Wildman–Crippen LogP) is 0.878. The Morgan fingerprint density at radius 1 is 1.08 bits per heavy atom. The van der Waals surface area contributed by atoms with Gasteiger partial charge in [0.05, 0.1) is 13.4 Å². The summed E-state index contributed by atoms with van der Waals surface area (Å²) in [7, 11) is 1.57. The topological polar surface area (TPSA) is 107 Å². The lowest BCUT2D eigenvalue weighted by Crippen LogP contribution is -2.33. The molecule has 0 fully saturated rings. The Morgan fingerprint density at radius 3 is 2.48 bits per heavy atom. The molecule has 2 aromatic rings. The molecule has 0 aliphatic heterocycles. The van der Waals surface area contributed by atoms with E-state index in [0.29, 0.717) is 6.54 Å². The van der Waals surface area contributed by atoms with E-state index in [2.05, 4.69) is 10.6 Å². The molecule has 0 atom stereocenters. The van der Waals surface area contributed by atoms with Crippen LogP contribution in [0.2, 0.25) is 0 Å². The van der Waals surface area contributed by atoms with Gasteiger partial charge in [-0.05, 0) is 29.8 Å². The average molecular weight is 346 g/mol. The molecule has 0 unspecified atom stereocenters. The zero-order valence-corrected chi connectivity index (χ0v) is 13.6. The Labute approximate surface area is 144 Å². The van der Waals surface area contributed by atoms with Gasteiger partial charge in [-0.2, -0.15) is 0 Å². The predicted molar refractivity (Wildman–Crippen MR) is 86.8 cm³/mol. The van der Waals surface area contributed by atoms with E-state index in [9.17, 15) is 14.4 Å². The lowest BCUT2D eigenvalue weighted by atomic mass is 10.2. The van der Waals surface area contributed by atoms with E-state index in [4.69, 9.17) is 13.9 Å². The molecule has 2 N–H and O–H groups in total. The van der Waals surface area contributed by atoms with Gasteiger partial charge in [0.2, 0.25) is 0 Å². The molecule has 1 aromatic heterocycles. The van der Waals surface area contributed by atoms with Crippen LogP contribution in [0.4, 0.5) is 0 Å². The van der Waals surface area contributed by atoms with Gasteiger partial charge in [0.1, 0.15) is 12.3 Å². The average Bonchev–Trinajstić information content (AvgIpc) is 3.18. The van der Waals surface area contributed by atoms with E-state index in [-0.39, 0.29) is 12.3 Å². The third kappa shape index (κ3) is 6.02. The van der Waals surface area contributed by atoms with Crippen LogP contribution >= 0.6 is 0 Å². The first-order chi connectivity index (χ1) is 12.1. The summed E-state index contributed by atoms with van der Waals surface area (Å²) in [5.74, 6) is -0.891. The van der Waals surface area contributed by atoms with E-state index in [1.807, 2.05) is 12.1 Å². The number of benzene rings is 1. The highest BCUT2D eigenvalue weighted by atomic mass is 16.5. The normalized spacial score (nSPS) is 9.96. The molecule has 0 bridgehead atoms. The van der Waals surface area contributed by atoms with Crippen LogP contribution in [0.3, 0.4) is 0 Å². The van der Waals surface area contributed by atoms with Crippen molar-refractivity contribution in [3.63, 3.8) is 0 Å². The minimum absolute atomic E-state index is 0.0880. The number of hydrogen-bond donors (Lipinski definition) is 2. The summed E-state index contributed by atoms with van der Waals surface area (Å²) in [6.07, 6.45) is 1.35. The fraction of sp³-hybridized carbons (Fsp3) is 0.235. The Hall–Kier alpha value is -3.29. The van der Waals surface area contributed by atoms with Crippen molar-refractivity contribution in [3.05, 3.63) is 54.0 Å². The SMILES string of the molecule is COc1ccc(CNC(=O)COC(=O)CNC(=O)c2ccco2)cc1. The number of amides is 2. The maximum absolute atomic E-state index is 11.7. The summed E-state index contributed by atoms with van der Waals surface area (Å²) in [6, 6.07) is 10.2. The molecule has 0 radical (unpaired) electrons. The largest absolute Gasteiger partial charge is 0.497 e. The van der Waals surface area contributed by atoms with Gasteiger partial charge in [-0.1, -0.05) is 12.1 Å². The monoisotopic (exact) mass is 346 g/mol. The van der Waals surface area contributed by atoms with Crippen molar-refractivity contribution in [2.75, 3.05) is 20.3 Å². The third-order valence-electron chi connectivity index (χ3n) is 3.15. The zero-order chi connectivity index (χ0) is 18.1. The van der Waals surface area contributed by atoms with Gasteiger partial charge in [0.15, 0.2) is 12.4 Å². The fourth-order valence-corrected chi connectivity index (χ4v) is 1.84. The number of ether oxygens (including phenoxy) is 2. The summed E-state index contributed by atoms with van der Waals surface area (Å²) in [5, 5.41) is 4.95. The molecular formula is C17H18N2O6. The van der Waals surface area contributed by atoms with Crippen molar-refractivity contribution in [1.82, 2.24) is 10.6 Å². The van der Waals surface area contributed by atoms with Crippen molar-refractivity contribution in [3.8, 4) is 5.75 Å². The van der Waals surface area contributed by atoms with Crippen LogP contribution in [-0.4, -0.2) is 38.0 Å². The van der Waals surface area contributed by atoms with Gasteiger partial charge in [-0.3, -0.25) is 14.4 Å². The molecule has 1 aromatic carbocycles. The second-order valence-electron chi connectivity index (χ2n) is 4.95. The van der Waals surface area contributed by atoms with Gasteiger partial charge >= 0.3 is 5.97 Å². The second kappa shape index (κ2) is 9.11. The minimum atomic E-state index is -0.723. The molecule has 0 aliphatic carbocycles. The quantitative estimate of drug-likeness (QED) is 0.687. The Morgan fingerprint density at radius 2 is 1.84 bits per heavy atom. The van der Waals surface area contributed by atoms with Gasteiger partial charge in [0.25, 0.3) is 11.8 Å². The van der Waals surface area contributed by atoms with Crippen LogP contribution in [0.1, 0.15) is 16.1 Å². The van der Waals surface area contributed by atoms with Crippen LogP contribution in [0.25, 0.3) is 0 Å². The molecule has 2 amide bonds. The molecule has 0 saturated carbocycles. The van der Waals surface area contributed by atoms with Crippen molar-refractivity contribution >= 4 is 17.8 Å². The Kier molecular flexibility index (Phi) is 6.58. The number of hydrogen-bond acceptors (Lipinski definition) is 6. The molecule has 0 saturated heterocycles.